The van der Waals surface area contributed by atoms with Gasteiger partial charge in [0.15, 0.2) is 0 Å². The summed E-state index contributed by atoms with van der Waals surface area (Å²) in [6.45, 7) is 1.80. The number of fused-ring (bicyclic) bond motifs is 1. The third kappa shape index (κ3) is 3.26. The lowest BCUT2D eigenvalue weighted by Gasteiger charge is -2.13. The van der Waals surface area contributed by atoms with E-state index in [9.17, 15) is 18.0 Å². The van der Waals surface area contributed by atoms with Crippen LogP contribution in [0.5, 0.6) is 0 Å². The van der Waals surface area contributed by atoms with E-state index in [-0.39, 0.29) is 11.4 Å². The number of nitrogens with zero attached hydrogens (tertiary/aromatic N) is 2. The zero-order valence-corrected chi connectivity index (χ0v) is 14.7. The molecule has 0 aliphatic rings. The number of aromatic nitrogens is 3. The Balaban J connectivity index is 1.98. The highest BCUT2D eigenvalue weighted by molar-refractivity contribution is 5.83. The van der Waals surface area contributed by atoms with Gasteiger partial charge in [0, 0.05) is 18.0 Å². The van der Waals surface area contributed by atoms with Crippen LogP contribution in [-0.2, 0) is 6.18 Å². The second-order valence-electron chi connectivity index (χ2n) is 6.42. The molecule has 0 atom stereocenters. The Kier molecular flexibility index (Phi) is 4.22. The molecule has 28 heavy (non-hydrogen) atoms. The number of pyridine rings is 1. The Labute approximate surface area is 157 Å². The Bertz CT molecular complexity index is 1230. The highest BCUT2D eigenvalue weighted by Crippen LogP contribution is 2.35. The lowest BCUT2D eigenvalue weighted by atomic mass is 9.99. The number of halogens is 3. The van der Waals surface area contributed by atoms with E-state index in [2.05, 4.69) is 15.0 Å². The van der Waals surface area contributed by atoms with Crippen LogP contribution in [0, 0.1) is 6.92 Å². The van der Waals surface area contributed by atoms with Crippen molar-refractivity contribution < 1.29 is 13.2 Å². The van der Waals surface area contributed by atoms with Gasteiger partial charge in [-0.15, -0.1) is 0 Å². The summed E-state index contributed by atoms with van der Waals surface area (Å²) in [7, 11) is 0. The minimum atomic E-state index is -4.54. The van der Waals surface area contributed by atoms with E-state index < -0.39 is 17.3 Å². The molecule has 2 aromatic carbocycles. The molecule has 2 aromatic heterocycles. The van der Waals surface area contributed by atoms with E-state index in [1.165, 1.54) is 12.4 Å². The Morgan fingerprint density at radius 1 is 0.929 bits per heavy atom. The van der Waals surface area contributed by atoms with Crippen LogP contribution in [0.15, 0.2) is 65.7 Å². The molecule has 0 aliphatic carbocycles. The van der Waals surface area contributed by atoms with E-state index in [0.717, 1.165) is 17.7 Å². The molecule has 140 valence electrons. The zero-order chi connectivity index (χ0) is 19.9. The predicted octanol–water partition coefficient (Wildman–Crippen LogP) is 4.98. The summed E-state index contributed by atoms with van der Waals surface area (Å²) in [5.41, 5.74) is 1.15. The predicted molar refractivity (Wildman–Crippen MR) is 101 cm³/mol. The van der Waals surface area contributed by atoms with Crippen molar-refractivity contribution >= 4 is 10.9 Å². The number of hydrogen-bond acceptors (Lipinski definition) is 3. The summed E-state index contributed by atoms with van der Waals surface area (Å²) in [6.07, 6.45) is -1.52. The van der Waals surface area contributed by atoms with Crippen molar-refractivity contribution in [3.8, 4) is 22.5 Å². The monoisotopic (exact) mass is 381 g/mol. The molecule has 1 N–H and O–H groups in total. The van der Waals surface area contributed by atoms with Crippen molar-refractivity contribution in [1.82, 2.24) is 15.0 Å². The molecule has 0 fully saturated rings. The summed E-state index contributed by atoms with van der Waals surface area (Å²) in [5, 5.41) is 0.394. The smallest absolute Gasteiger partial charge is 0.306 e. The fourth-order valence-corrected chi connectivity index (χ4v) is 3.08. The van der Waals surface area contributed by atoms with Crippen LogP contribution >= 0.6 is 0 Å². The SMILES string of the molecule is Cc1cccc2c(=O)[nH]c(-c3cc(-c4ccncc4)cc(C(F)(F)F)c3)nc12. The highest BCUT2D eigenvalue weighted by Gasteiger charge is 2.31. The average molecular weight is 381 g/mol. The van der Waals surface area contributed by atoms with Crippen molar-refractivity contribution in [2.24, 2.45) is 0 Å². The second-order valence-corrected chi connectivity index (χ2v) is 6.42. The van der Waals surface area contributed by atoms with Crippen LogP contribution < -0.4 is 5.56 Å². The fraction of sp³-hybridized carbons (Fsp3) is 0.0952. The maximum atomic E-state index is 13.5. The number of benzene rings is 2. The standard InChI is InChI=1S/C21H14F3N3O/c1-12-3-2-4-17-18(12)26-19(27-20(17)28)15-9-14(13-5-7-25-8-6-13)10-16(11-15)21(22,23)24/h2-11H,1H3,(H,26,27,28). The Hall–Kier alpha value is -3.48. The van der Waals surface area contributed by atoms with Gasteiger partial charge in [-0.1, -0.05) is 12.1 Å². The van der Waals surface area contributed by atoms with Gasteiger partial charge in [0.05, 0.1) is 16.5 Å². The van der Waals surface area contributed by atoms with Gasteiger partial charge < -0.3 is 4.98 Å². The number of H-pyrrole nitrogens is 1. The molecule has 0 saturated carbocycles. The molecule has 2 heterocycles. The van der Waals surface area contributed by atoms with Crippen molar-refractivity contribution in [2.75, 3.05) is 0 Å². The lowest BCUT2D eigenvalue weighted by molar-refractivity contribution is -0.137. The van der Waals surface area contributed by atoms with E-state index in [4.69, 9.17) is 0 Å². The van der Waals surface area contributed by atoms with E-state index in [1.54, 1.807) is 43.3 Å². The number of aromatic amines is 1. The molecule has 4 nitrogen and oxygen atoms in total. The molecule has 0 aliphatic heterocycles. The number of alkyl halides is 3. The molecule has 0 bridgehead atoms. The van der Waals surface area contributed by atoms with Crippen LogP contribution in [0.1, 0.15) is 11.1 Å². The second kappa shape index (κ2) is 6.60. The first-order valence-electron chi connectivity index (χ1n) is 8.45. The number of nitrogens with one attached hydrogen (secondary N) is 1. The molecule has 0 spiro atoms. The maximum absolute atomic E-state index is 13.5. The largest absolute Gasteiger partial charge is 0.416 e. The van der Waals surface area contributed by atoms with Crippen molar-refractivity contribution in [1.29, 1.82) is 0 Å². The molecule has 4 aromatic rings. The van der Waals surface area contributed by atoms with E-state index >= 15 is 0 Å². The third-order valence-electron chi connectivity index (χ3n) is 4.49. The summed E-state index contributed by atoms with van der Waals surface area (Å²) < 4.78 is 40.4. The quantitative estimate of drug-likeness (QED) is 0.533. The molecule has 4 rings (SSSR count). The van der Waals surface area contributed by atoms with Gasteiger partial charge in [-0.05, 0) is 60.0 Å². The normalized spacial score (nSPS) is 11.7. The number of rotatable bonds is 2. The van der Waals surface area contributed by atoms with E-state index in [0.29, 0.717) is 22.0 Å². The summed E-state index contributed by atoms with van der Waals surface area (Å²) in [4.78, 5) is 23.4. The molecule has 0 radical (unpaired) electrons. The van der Waals surface area contributed by atoms with Crippen LogP contribution in [0.25, 0.3) is 33.4 Å². The first-order valence-corrected chi connectivity index (χ1v) is 8.45. The van der Waals surface area contributed by atoms with Gasteiger partial charge in [-0.3, -0.25) is 9.78 Å². The fourth-order valence-electron chi connectivity index (χ4n) is 3.08. The van der Waals surface area contributed by atoms with Gasteiger partial charge in [-0.25, -0.2) is 4.98 Å². The van der Waals surface area contributed by atoms with Crippen LogP contribution in [-0.4, -0.2) is 15.0 Å². The first kappa shape index (κ1) is 17.9. The number of aryl methyl sites for hydroxylation is 1. The minimum absolute atomic E-state index is 0.0909. The number of hydrogen-bond donors (Lipinski definition) is 1. The summed E-state index contributed by atoms with van der Waals surface area (Å²) in [6, 6.07) is 12.1. The van der Waals surface area contributed by atoms with Gasteiger partial charge in [0.1, 0.15) is 5.82 Å². The Morgan fingerprint density at radius 3 is 2.36 bits per heavy atom. The number of para-hydroxylation sites is 1. The molecular weight excluding hydrogens is 367 g/mol. The lowest BCUT2D eigenvalue weighted by Crippen LogP contribution is -2.11. The summed E-state index contributed by atoms with van der Waals surface area (Å²) >= 11 is 0. The Morgan fingerprint density at radius 2 is 1.64 bits per heavy atom. The third-order valence-corrected chi connectivity index (χ3v) is 4.49. The van der Waals surface area contributed by atoms with Crippen LogP contribution in [0.4, 0.5) is 13.2 Å². The van der Waals surface area contributed by atoms with Crippen molar-refractivity contribution in [2.45, 2.75) is 13.1 Å². The maximum Gasteiger partial charge on any atom is 0.416 e. The first-order chi connectivity index (χ1) is 13.3. The molecule has 0 unspecified atom stereocenters. The van der Waals surface area contributed by atoms with Crippen LogP contribution in [0.3, 0.4) is 0 Å². The van der Waals surface area contributed by atoms with Crippen LogP contribution in [0.2, 0.25) is 0 Å². The summed E-state index contributed by atoms with van der Waals surface area (Å²) in [5.74, 6) is 0.0909. The van der Waals surface area contributed by atoms with Crippen molar-refractivity contribution in [3.05, 3.63) is 82.4 Å². The molecular formula is C21H14F3N3O. The molecule has 0 saturated heterocycles. The van der Waals surface area contributed by atoms with Crippen molar-refractivity contribution in [3.63, 3.8) is 0 Å². The van der Waals surface area contributed by atoms with Gasteiger partial charge in [-0.2, -0.15) is 13.2 Å². The minimum Gasteiger partial charge on any atom is -0.306 e. The average Bonchev–Trinajstić information content (AvgIpc) is 2.68. The van der Waals surface area contributed by atoms with E-state index in [1.807, 2.05) is 0 Å². The highest BCUT2D eigenvalue weighted by atomic mass is 19.4. The van der Waals surface area contributed by atoms with Gasteiger partial charge in [0.2, 0.25) is 0 Å². The topological polar surface area (TPSA) is 58.6 Å². The molecule has 0 amide bonds. The van der Waals surface area contributed by atoms with Gasteiger partial charge >= 0.3 is 6.18 Å². The molecule has 7 heteroatoms. The van der Waals surface area contributed by atoms with Gasteiger partial charge in [0.25, 0.3) is 5.56 Å². The zero-order valence-electron chi connectivity index (χ0n) is 14.7.